The number of hydrogen-bond donors (Lipinski definition) is 2. The van der Waals surface area contributed by atoms with Crippen LogP contribution in [0.15, 0.2) is 9.95 Å². The highest BCUT2D eigenvalue weighted by Gasteiger charge is 2.40. The molecule has 1 aliphatic rings. The number of carboxylic acid groups (broad SMARTS) is 1. The van der Waals surface area contributed by atoms with Gasteiger partial charge in [-0.05, 0) is 30.1 Å². The van der Waals surface area contributed by atoms with Crippen LogP contribution in [-0.2, 0) is 4.79 Å². The number of hydrogen-bond acceptors (Lipinski definition) is 4. The Kier molecular flexibility index (Phi) is 4.24. The Morgan fingerprint density at radius 2 is 1.95 bits per heavy atom. The Bertz CT molecular complexity index is 573. The van der Waals surface area contributed by atoms with E-state index in [-0.39, 0.29) is 28.3 Å². The minimum atomic E-state index is -0.911. The molecule has 0 saturated heterocycles. The Morgan fingerprint density at radius 1 is 1.38 bits per heavy atom. The number of thioether (sulfide) groups is 1. The number of carbonyl (C=O) groups is 1. The van der Waals surface area contributed by atoms with E-state index in [2.05, 4.69) is 37.9 Å². The zero-order valence-corrected chi connectivity index (χ0v) is 13.8. The van der Waals surface area contributed by atoms with Gasteiger partial charge < -0.3 is 5.11 Å². The van der Waals surface area contributed by atoms with Crippen LogP contribution in [0.1, 0.15) is 53.0 Å². The van der Waals surface area contributed by atoms with Gasteiger partial charge in [-0.15, -0.1) is 5.10 Å². The quantitative estimate of drug-likeness (QED) is 0.834. The summed E-state index contributed by atoms with van der Waals surface area (Å²) in [5.41, 5.74) is 0.0526. The highest BCUT2D eigenvalue weighted by atomic mass is 32.2. The van der Waals surface area contributed by atoms with Crippen LogP contribution in [0.25, 0.3) is 0 Å². The Balaban J connectivity index is 2.30. The molecule has 1 aromatic rings. The molecule has 1 fully saturated rings. The fourth-order valence-electron chi connectivity index (χ4n) is 3.81. The molecule has 118 valence electrons. The molecule has 6 nitrogen and oxygen atoms in total. The molecule has 2 rings (SSSR count). The summed E-state index contributed by atoms with van der Waals surface area (Å²) >= 11 is 1.09. The smallest absolute Gasteiger partial charge is 0.344 e. The van der Waals surface area contributed by atoms with Crippen molar-refractivity contribution in [2.45, 2.75) is 58.2 Å². The average Bonchev–Trinajstić information content (AvgIpc) is 2.63. The van der Waals surface area contributed by atoms with Crippen LogP contribution in [0.5, 0.6) is 0 Å². The van der Waals surface area contributed by atoms with Gasteiger partial charge in [0.05, 0.1) is 5.75 Å². The van der Waals surface area contributed by atoms with Gasteiger partial charge in [0.15, 0.2) is 5.16 Å². The van der Waals surface area contributed by atoms with Crippen LogP contribution >= 0.6 is 11.8 Å². The number of aromatic amines is 1. The first kappa shape index (κ1) is 16.1. The Labute approximate surface area is 128 Å². The van der Waals surface area contributed by atoms with Gasteiger partial charge in [-0.2, -0.15) is 0 Å². The van der Waals surface area contributed by atoms with Crippen molar-refractivity contribution in [3.8, 4) is 0 Å². The van der Waals surface area contributed by atoms with Gasteiger partial charge >= 0.3 is 11.7 Å². The first-order chi connectivity index (χ1) is 9.60. The lowest BCUT2D eigenvalue weighted by atomic mass is 9.63. The molecule has 0 spiro atoms. The maximum Gasteiger partial charge on any atom is 0.344 e. The summed E-state index contributed by atoms with van der Waals surface area (Å²) in [5.74, 6) is -1.00. The van der Waals surface area contributed by atoms with Crippen molar-refractivity contribution < 1.29 is 9.90 Å². The second-order valence-corrected chi connectivity index (χ2v) is 8.37. The first-order valence-electron chi connectivity index (χ1n) is 7.11. The topological polar surface area (TPSA) is 88.0 Å². The summed E-state index contributed by atoms with van der Waals surface area (Å²) in [7, 11) is 0. The summed E-state index contributed by atoms with van der Waals surface area (Å²) in [6, 6.07) is 0.0614. The van der Waals surface area contributed by atoms with Crippen LogP contribution < -0.4 is 5.69 Å². The van der Waals surface area contributed by atoms with Crippen LogP contribution in [0.3, 0.4) is 0 Å². The predicted molar refractivity (Wildman–Crippen MR) is 81.7 cm³/mol. The summed E-state index contributed by atoms with van der Waals surface area (Å²) in [6.45, 7) is 8.87. The lowest BCUT2D eigenvalue weighted by Gasteiger charge is -2.45. The molecule has 0 radical (unpaired) electrons. The lowest BCUT2D eigenvalue weighted by molar-refractivity contribution is -0.133. The lowest BCUT2D eigenvalue weighted by Crippen LogP contribution is -2.38. The molecule has 1 aliphatic carbocycles. The zero-order valence-electron chi connectivity index (χ0n) is 13.0. The standard InChI is InChI=1S/C14H23N3O3S/c1-13(2)5-9(6-14(3,4)8-13)17-11(20)15-16-12(17)21-7-10(18)19/h9H,5-8H2,1-4H3,(H,15,20)(H,18,19). The third-order valence-electron chi connectivity index (χ3n) is 3.90. The van der Waals surface area contributed by atoms with Crippen LogP contribution in [0, 0.1) is 10.8 Å². The van der Waals surface area contributed by atoms with Crippen molar-refractivity contribution in [2.24, 2.45) is 10.8 Å². The summed E-state index contributed by atoms with van der Waals surface area (Å²) < 4.78 is 1.65. The van der Waals surface area contributed by atoms with E-state index in [4.69, 9.17) is 5.11 Å². The minimum Gasteiger partial charge on any atom is -0.481 e. The molecule has 1 aromatic heterocycles. The van der Waals surface area contributed by atoms with Crippen molar-refractivity contribution in [3.05, 3.63) is 10.5 Å². The second-order valence-electron chi connectivity index (χ2n) is 7.43. The number of rotatable bonds is 4. The molecule has 7 heteroatoms. The maximum absolute atomic E-state index is 12.1. The van der Waals surface area contributed by atoms with E-state index in [0.717, 1.165) is 31.0 Å². The van der Waals surface area contributed by atoms with Gasteiger partial charge in [0.25, 0.3) is 0 Å². The molecule has 1 heterocycles. The SMILES string of the molecule is CC1(C)CC(n2c(SCC(=O)O)n[nH]c2=O)CC(C)(C)C1. The number of carboxylic acids is 1. The summed E-state index contributed by atoms with van der Waals surface area (Å²) in [6.07, 6.45) is 2.91. The van der Waals surface area contributed by atoms with Gasteiger partial charge in [-0.1, -0.05) is 39.5 Å². The Hall–Kier alpha value is -1.24. The third kappa shape index (κ3) is 3.90. The van der Waals surface area contributed by atoms with Crippen molar-refractivity contribution in [2.75, 3.05) is 5.75 Å². The first-order valence-corrected chi connectivity index (χ1v) is 8.10. The van der Waals surface area contributed by atoms with E-state index in [1.807, 2.05) is 0 Å². The highest BCUT2D eigenvalue weighted by Crippen LogP contribution is 2.50. The third-order valence-corrected chi connectivity index (χ3v) is 4.83. The monoisotopic (exact) mass is 313 g/mol. The van der Waals surface area contributed by atoms with Gasteiger partial charge in [0.1, 0.15) is 0 Å². The molecular formula is C14H23N3O3S. The van der Waals surface area contributed by atoms with E-state index >= 15 is 0 Å². The molecule has 0 unspecified atom stereocenters. The molecule has 0 amide bonds. The fraction of sp³-hybridized carbons (Fsp3) is 0.786. The zero-order chi connectivity index (χ0) is 15.8. The number of aliphatic carboxylic acids is 1. The van der Waals surface area contributed by atoms with Crippen LogP contribution in [-0.4, -0.2) is 31.6 Å². The van der Waals surface area contributed by atoms with Gasteiger partial charge in [-0.3, -0.25) is 9.36 Å². The predicted octanol–water partition coefficient (Wildman–Crippen LogP) is 2.53. The van der Waals surface area contributed by atoms with Crippen LogP contribution in [0.2, 0.25) is 0 Å². The van der Waals surface area contributed by atoms with E-state index in [1.165, 1.54) is 0 Å². The molecule has 0 bridgehead atoms. The van der Waals surface area contributed by atoms with Crippen molar-refractivity contribution in [1.29, 1.82) is 0 Å². The van der Waals surface area contributed by atoms with E-state index < -0.39 is 5.97 Å². The number of nitrogens with zero attached hydrogens (tertiary/aromatic N) is 2. The summed E-state index contributed by atoms with van der Waals surface area (Å²) in [5, 5.41) is 15.7. The molecule has 1 saturated carbocycles. The number of H-pyrrole nitrogens is 1. The number of aromatic nitrogens is 3. The van der Waals surface area contributed by atoms with Gasteiger partial charge in [0, 0.05) is 6.04 Å². The fourth-order valence-corrected chi connectivity index (χ4v) is 4.54. The van der Waals surface area contributed by atoms with Gasteiger partial charge in [-0.25, -0.2) is 9.89 Å². The summed E-state index contributed by atoms with van der Waals surface area (Å²) in [4.78, 5) is 22.8. The molecule has 0 aliphatic heterocycles. The van der Waals surface area contributed by atoms with Crippen molar-refractivity contribution in [3.63, 3.8) is 0 Å². The molecule has 0 aromatic carbocycles. The molecule has 21 heavy (non-hydrogen) atoms. The van der Waals surface area contributed by atoms with E-state index in [0.29, 0.717) is 5.16 Å². The van der Waals surface area contributed by atoms with Gasteiger partial charge in [0.2, 0.25) is 0 Å². The molecule has 0 atom stereocenters. The normalized spacial score (nSPS) is 21.3. The maximum atomic E-state index is 12.1. The molecule has 2 N–H and O–H groups in total. The second kappa shape index (κ2) is 5.51. The minimum absolute atomic E-state index is 0.0614. The average molecular weight is 313 g/mol. The van der Waals surface area contributed by atoms with E-state index in [1.54, 1.807) is 4.57 Å². The van der Waals surface area contributed by atoms with Crippen LogP contribution in [0.4, 0.5) is 0 Å². The molecular weight excluding hydrogens is 290 g/mol. The van der Waals surface area contributed by atoms with Crippen molar-refractivity contribution >= 4 is 17.7 Å². The van der Waals surface area contributed by atoms with Crippen molar-refractivity contribution in [1.82, 2.24) is 14.8 Å². The largest absolute Gasteiger partial charge is 0.481 e. The highest BCUT2D eigenvalue weighted by molar-refractivity contribution is 7.99. The number of nitrogens with one attached hydrogen (secondary N) is 1. The Morgan fingerprint density at radius 3 is 2.48 bits per heavy atom. The van der Waals surface area contributed by atoms with E-state index in [9.17, 15) is 9.59 Å².